The van der Waals surface area contributed by atoms with E-state index in [4.69, 9.17) is 0 Å². The quantitative estimate of drug-likeness (QED) is 0.779. The van der Waals surface area contributed by atoms with E-state index in [9.17, 15) is 4.39 Å². The molecule has 1 atom stereocenters. The first kappa shape index (κ1) is 16.1. The summed E-state index contributed by atoms with van der Waals surface area (Å²) in [5.74, 6) is 0.722. The van der Waals surface area contributed by atoms with E-state index in [0.717, 1.165) is 16.2 Å². The molecule has 1 N–H and O–H groups in total. The van der Waals surface area contributed by atoms with Crippen LogP contribution in [-0.4, -0.2) is 7.05 Å². The second kappa shape index (κ2) is 7.10. The molecule has 0 radical (unpaired) electrons. The van der Waals surface area contributed by atoms with Crippen LogP contribution in [0.3, 0.4) is 0 Å². The molecule has 0 heterocycles. The minimum absolute atomic E-state index is 0.141. The molecule has 2 aromatic carbocycles. The average molecular weight is 303 g/mol. The molecule has 0 spiro atoms. The Morgan fingerprint density at radius 2 is 1.76 bits per heavy atom. The normalized spacial score (nSPS) is 12.4. The van der Waals surface area contributed by atoms with Crippen LogP contribution in [0.15, 0.2) is 41.3 Å². The van der Waals surface area contributed by atoms with Crippen LogP contribution >= 0.6 is 11.8 Å². The molecule has 0 aliphatic heterocycles. The Morgan fingerprint density at radius 1 is 1.10 bits per heavy atom. The highest BCUT2D eigenvalue weighted by Crippen LogP contribution is 2.31. The van der Waals surface area contributed by atoms with E-state index in [1.54, 1.807) is 17.8 Å². The predicted molar refractivity (Wildman–Crippen MR) is 89.4 cm³/mol. The Bertz CT molecular complexity index is 604. The van der Waals surface area contributed by atoms with Crippen molar-refractivity contribution in [1.29, 1.82) is 0 Å². The molecule has 21 heavy (non-hydrogen) atoms. The Morgan fingerprint density at radius 3 is 2.38 bits per heavy atom. The van der Waals surface area contributed by atoms with Crippen molar-refractivity contribution in [3.05, 3.63) is 64.5 Å². The van der Waals surface area contributed by atoms with E-state index in [2.05, 4.69) is 44.3 Å². The van der Waals surface area contributed by atoms with Gasteiger partial charge < -0.3 is 5.32 Å². The standard InChI is InChI=1S/C18H22FNS/c1-12-7-13(2)9-15(8-12)11-21-18-6-5-16(19)10-17(18)14(3)20-4/h5-10,14,20H,11H2,1-4H3. The molecule has 0 amide bonds. The first-order valence-electron chi connectivity index (χ1n) is 7.16. The van der Waals surface area contributed by atoms with Crippen LogP contribution in [0, 0.1) is 19.7 Å². The van der Waals surface area contributed by atoms with Crippen molar-refractivity contribution < 1.29 is 4.39 Å². The van der Waals surface area contributed by atoms with Crippen molar-refractivity contribution in [3.8, 4) is 0 Å². The van der Waals surface area contributed by atoms with Gasteiger partial charge in [0.25, 0.3) is 0 Å². The summed E-state index contributed by atoms with van der Waals surface area (Å²) in [6, 6.07) is 11.8. The third-order valence-electron chi connectivity index (χ3n) is 3.55. The van der Waals surface area contributed by atoms with Crippen molar-refractivity contribution >= 4 is 11.8 Å². The van der Waals surface area contributed by atoms with Crippen LogP contribution in [-0.2, 0) is 5.75 Å². The van der Waals surface area contributed by atoms with E-state index in [1.165, 1.54) is 22.8 Å². The summed E-state index contributed by atoms with van der Waals surface area (Å²) >= 11 is 1.76. The van der Waals surface area contributed by atoms with Gasteiger partial charge in [0.2, 0.25) is 0 Å². The molecule has 0 aromatic heterocycles. The topological polar surface area (TPSA) is 12.0 Å². The SMILES string of the molecule is CNC(C)c1cc(F)ccc1SCc1cc(C)cc(C)c1. The van der Waals surface area contributed by atoms with Crippen LogP contribution in [0.1, 0.15) is 35.2 Å². The second-order valence-electron chi connectivity index (χ2n) is 5.48. The molecule has 0 saturated heterocycles. The maximum absolute atomic E-state index is 13.5. The number of thioether (sulfide) groups is 1. The zero-order valence-corrected chi connectivity index (χ0v) is 13.9. The highest BCUT2D eigenvalue weighted by atomic mass is 32.2. The fourth-order valence-corrected chi connectivity index (χ4v) is 3.51. The lowest BCUT2D eigenvalue weighted by atomic mass is 10.1. The second-order valence-corrected chi connectivity index (χ2v) is 6.49. The highest BCUT2D eigenvalue weighted by molar-refractivity contribution is 7.98. The molecule has 2 aromatic rings. The predicted octanol–water partition coefficient (Wildman–Crippen LogP) is 5.02. The Balaban J connectivity index is 2.19. The zero-order valence-electron chi connectivity index (χ0n) is 13.0. The van der Waals surface area contributed by atoms with Gasteiger partial charge in [0, 0.05) is 16.7 Å². The molecule has 1 unspecified atom stereocenters. The summed E-state index contributed by atoms with van der Waals surface area (Å²) in [7, 11) is 1.90. The lowest BCUT2D eigenvalue weighted by molar-refractivity contribution is 0.601. The summed E-state index contributed by atoms with van der Waals surface area (Å²) in [6.45, 7) is 6.29. The van der Waals surface area contributed by atoms with Gasteiger partial charge in [-0.25, -0.2) is 4.39 Å². The lowest BCUT2D eigenvalue weighted by Crippen LogP contribution is -2.13. The smallest absolute Gasteiger partial charge is 0.123 e. The Labute approximate surface area is 131 Å². The van der Waals surface area contributed by atoms with E-state index in [1.807, 2.05) is 13.1 Å². The number of benzene rings is 2. The van der Waals surface area contributed by atoms with Crippen LogP contribution in [0.2, 0.25) is 0 Å². The molecule has 0 bridgehead atoms. The van der Waals surface area contributed by atoms with Gasteiger partial charge in [-0.2, -0.15) is 0 Å². The van der Waals surface area contributed by atoms with E-state index < -0.39 is 0 Å². The van der Waals surface area contributed by atoms with Crippen LogP contribution in [0.5, 0.6) is 0 Å². The highest BCUT2D eigenvalue weighted by Gasteiger charge is 2.11. The number of hydrogen-bond acceptors (Lipinski definition) is 2. The molecule has 1 nitrogen and oxygen atoms in total. The summed E-state index contributed by atoms with van der Waals surface area (Å²) in [5, 5.41) is 3.19. The van der Waals surface area contributed by atoms with Crippen molar-refractivity contribution in [2.45, 2.75) is 37.5 Å². The van der Waals surface area contributed by atoms with Crippen LogP contribution in [0.25, 0.3) is 0 Å². The molecule has 3 heteroatoms. The molecule has 0 fully saturated rings. The van der Waals surface area contributed by atoms with E-state index >= 15 is 0 Å². The third kappa shape index (κ3) is 4.32. The first-order chi connectivity index (χ1) is 9.99. The minimum atomic E-state index is -0.178. The molecule has 112 valence electrons. The molecule has 0 saturated carbocycles. The molecule has 2 rings (SSSR count). The third-order valence-corrected chi connectivity index (χ3v) is 4.71. The molecule has 0 aliphatic carbocycles. The largest absolute Gasteiger partial charge is 0.313 e. The summed E-state index contributed by atoms with van der Waals surface area (Å²) in [4.78, 5) is 1.14. The van der Waals surface area contributed by atoms with Crippen molar-refractivity contribution in [3.63, 3.8) is 0 Å². The van der Waals surface area contributed by atoms with Gasteiger partial charge in [0.1, 0.15) is 5.82 Å². The van der Waals surface area contributed by atoms with Crippen molar-refractivity contribution in [1.82, 2.24) is 5.32 Å². The summed E-state index contributed by atoms with van der Waals surface area (Å²) in [5.41, 5.74) is 4.90. The van der Waals surface area contributed by atoms with Gasteiger partial charge in [-0.3, -0.25) is 0 Å². The molecule has 0 aliphatic rings. The Hall–Kier alpha value is -1.32. The maximum Gasteiger partial charge on any atom is 0.123 e. The van der Waals surface area contributed by atoms with Crippen LogP contribution in [0.4, 0.5) is 4.39 Å². The average Bonchev–Trinajstić information content (AvgIpc) is 2.44. The summed E-state index contributed by atoms with van der Waals surface area (Å²) in [6.07, 6.45) is 0. The number of rotatable bonds is 5. The fraction of sp³-hybridized carbons (Fsp3) is 0.333. The van der Waals surface area contributed by atoms with Gasteiger partial charge in [-0.15, -0.1) is 11.8 Å². The van der Waals surface area contributed by atoms with Crippen LogP contribution < -0.4 is 5.32 Å². The molecular weight excluding hydrogens is 281 g/mol. The molecular formula is C18H22FNS. The minimum Gasteiger partial charge on any atom is -0.313 e. The van der Waals surface area contributed by atoms with Gasteiger partial charge in [-0.05, 0) is 57.1 Å². The number of nitrogens with one attached hydrogen (secondary N) is 1. The fourth-order valence-electron chi connectivity index (χ4n) is 2.46. The number of hydrogen-bond donors (Lipinski definition) is 1. The van der Waals surface area contributed by atoms with Crippen molar-refractivity contribution in [2.24, 2.45) is 0 Å². The zero-order chi connectivity index (χ0) is 15.4. The summed E-state index contributed by atoms with van der Waals surface area (Å²) < 4.78 is 13.5. The van der Waals surface area contributed by atoms with E-state index in [0.29, 0.717) is 0 Å². The van der Waals surface area contributed by atoms with Crippen molar-refractivity contribution in [2.75, 3.05) is 7.05 Å². The number of halogens is 1. The van der Waals surface area contributed by atoms with Gasteiger partial charge >= 0.3 is 0 Å². The lowest BCUT2D eigenvalue weighted by Gasteiger charge is -2.16. The van der Waals surface area contributed by atoms with E-state index in [-0.39, 0.29) is 11.9 Å². The van der Waals surface area contributed by atoms with Gasteiger partial charge in [-0.1, -0.05) is 29.3 Å². The maximum atomic E-state index is 13.5. The monoisotopic (exact) mass is 303 g/mol. The number of aryl methyl sites for hydroxylation is 2. The van der Waals surface area contributed by atoms with Gasteiger partial charge in [0.15, 0.2) is 0 Å². The first-order valence-corrected chi connectivity index (χ1v) is 8.15. The van der Waals surface area contributed by atoms with Gasteiger partial charge in [0.05, 0.1) is 0 Å². The Kier molecular flexibility index (Phi) is 5.43.